The second-order valence-electron chi connectivity index (χ2n) is 5.00. The number of hydrogen-bond donors (Lipinski definition) is 1. The average Bonchev–Trinajstić information content (AvgIpc) is 3.03. The van der Waals surface area contributed by atoms with Crippen LogP contribution >= 0.6 is 12.4 Å². The molecule has 1 N–H and O–H groups in total. The van der Waals surface area contributed by atoms with Crippen LogP contribution in [0.5, 0.6) is 0 Å². The van der Waals surface area contributed by atoms with Gasteiger partial charge in [0.2, 0.25) is 5.91 Å². The minimum Gasteiger partial charge on any atom is -0.340 e. The van der Waals surface area contributed by atoms with Gasteiger partial charge in [-0.1, -0.05) is 0 Å². The largest absolute Gasteiger partial charge is 0.340 e. The Morgan fingerprint density at radius 1 is 1.44 bits per heavy atom. The molecule has 1 amide bonds. The smallest absolute Gasteiger partial charge is 0.244 e. The Balaban J connectivity index is 0.00000120. The Morgan fingerprint density at radius 3 is 3.00 bits per heavy atom. The highest BCUT2D eigenvalue weighted by atomic mass is 35.5. The molecule has 8 heteroatoms. The third-order valence-corrected chi connectivity index (χ3v) is 3.81. The molecule has 1 atom stereocenters. The van der Waals surface area contributed by atoms with Crippen LogP contribution < -0.4 is 5.32 Å². The highest BCUT2D eigenvalue weighted by Gasteiger charge is 2.41. The fourth-order valence-corrected chi connectivity index (χ4v) is 2.78. The van der Waals surface area contributed by atoms with Gasteiger partial charge in [-0.2, -0.15) is 0 Å². The summed E-state index contributed by atoms with van der Waals surface area (Å²) in [4.78, 5) is 14.0. The highest BCUT2D eigenvalue weighted by Crippen LogP contribution is 2.35. The monoisotopic (exact) mass is 272 g/mol. The number of carbonyl (C=O) groups excluding carboxylic acids is 1. The number of nitrogens with one attached hydrogen (secondary N) is 1. The summed E-state index contributed by atoms with van der Waals surface area (Å²) in [5, 5.41) is 14.1. The zero-order valence-corrected chi connectivity index (χ0v) is 10.9. The van der Waals surface area contributed by atoms with Crippen molar-refractivity contribution >= 4 is 18.3 Å². The van der Waals surface area contributed by atoms with Gasteiger partial charge in [0.05, 0.1) is 0 Å². The van der Waals surface area contributed by atoms with E-state index in [9.17, 15) is 4.79 Å². The molecule has 18 heavy (non-hydrogen) atoms. The number of rotatable bonds is 2. The molecular weight excluding hydrogens is 256 g/mol. The van der Waals surface area contributed by atoms with E-state index < -0.39 is 0 Å². The minimum absolute atomic E-state index is 0. The van der Waals surface area contributed by atoms with Crippen molar-refractivity contribution in [2.75, 3.05) is 26.2 Å². The maximum Gasteiger partial charge on any atom is 0.244 e. The molecule has 2 aliphatic heterocycles. The predicted octanol–water partition coefficient (Wildman–Crippen LogP) is -0.693. The SMILES string of the molecule is Cl.O=C(Cn1cnnn1)N1CCC2(CCNC2)C1. The standard InChI is InChI=1S/C10H16N6O.ClH/c17-9(5-16-8-12-13-14-16)15-4-2-10(7-15)1-3-11-6-10;/h8,11H,1-7H2;1H. The minimum atomic E-state index is 0. The molecule has 2 saturated heterocycles. The molecule has 7 nitrogen and oxygen atoms in total. The van der Waals surface area contributed by atoms with Crippen LogP contribution in [0.4, 0.5) is 0 Å². The van der Waals surface area contributed by atoms with Crippen molar-refractivity contribution in [3.05, 3.63) is 6.33 Å². The first-order valence-electron chi connectivity index (χ1n) is 5.97. The van der Waals surface area contributed by atoms with E-state index in [0.717, 1.165) is 32.6 Å². The van der Waals surface area contributed by atoms with E-state index in [1.165, 1.54) is 17.4 Å². The van der Waals surface area contributed by atoms with Crippen molar-refractivity contribution in [3.8, 4) is 0 Å². The number of likely N-dealkylation sites (tertiary alicyclic amines) is 1. The average molecular weight is 273 g/mol. The van der Waals surface area contributed by atoms with Crippen molar-refractivity contribution < 1.29 is 4.79 Å². The molecule has 100 valence electrons. The van der Waals surface area contributed by atoms with Gasteiger partial charge in [-0.05, 0) is 29.8 Å². The molecule has 2 aliphatic rings. The first-order chi connectivity index (χ1) is 8.27. The van der Waals surface area contributed by atoms with Crippen LogP contribution in [0, 0.1) is 5.41 Å². The Morgan fingerprint density at radius 2 is 2.33 bits per heavy atom. The van der Waals surface area contributed by atoms with Crippen LogP contribution in [0.1, 0.15) is 12.8 Å². The Labute approximate surface area is 111 Å². The van der Waals surface area contributed by atoms with Gasteiger partial charge in [-0.3, -0.25) is 4.79 Å². The molecular formula is C10H17ClN6O. The van der Waals surface area contributed by atoms with Gasteiger partial charge >= 0.3 is 0 Å². The van der Waals surface area contributed by atoms with Crippen LogP contribution in [0.25, 0.3) is 0 Å². The van der Waals surface area contributed by atoms with Crippen LogP contribution in [0.2, 0.25) is 0 Å². The van der Waals surface area contributed by atoms with Crippen molar-refractivity contribution in [2.24, 2.45) is 5.41 Å². The van der Waals surface area contributed by atoms with Gasteiger partial charge < -0.3 is 10.2 Å². The summed E-state index contributed by atoms with van der Waals surface area (Å²) >= 11 is 0. The summed E-state index contributed by atoms with van der Waals surface area (Å²) in [6, 6.07) is 0. The molecule has 2 fully saturated rings. The first-order valence-corrected chi connectivity index (χ1v) is 5.97. The van der Waals surface area contributed by atoms with Crippen LogP contribution in [-0.4, -0.2) is 57.2 Å². The Kier molecular flexibility index (Phi) is 3.82. The summed E-state index contributed by atoms with van der Waals surface area (Å²) in [6.45, 7) is 4.11. The zero-order valence-electron chi connectivity index (χ0n) is 10.1. The second-order valence-corrected chi connectivity index (χ2v) is 5.00. The lowest BCUT2D eigenvalue weighted by Crippen LogP contribution is -2.35. The fraction of sp³-hybridized carbons (Fsp3) is 0.800. The van der Waals surface area contributed by atoms with E-state index in [-0.39, 0.29) is 24.9 Å². The molecule has 0 bridgehead atoms. The molecule has 0 aromatic carbocycles. The number of amides is 1. The van der Waals surface area contributed by atoms with Gasteiger partial charge in [0.25, 0.3) is 0 Å². The number of nitrogens with zero attached hydrogens (tertiary/aromatic N) is 5. The van der Waals surface area contributed by atoms with Crippen LogP contribution in [0.15, 0.2) is 6.33 Å². The van der Waals surface area contributed by atoms with Gasteiger partial charge in [0.15, 0.2) is 0 Å². The number of hydrogen-bond acceptors (Lipinski definition) is 5. The van der Waals surface area contributed by atoms with Gasteiger partial charge in [-0.15, -0.1) is 17.5 Å². The molecule has 0 aliphatic carbocycles. The van der Waals surface area contributed by atoms with Gasteiger partial charge in [0, 0.05) is 25.0 Å². The van der Waals surface area contributed by atoms with Crippen molar-refractivity contribution in [2.45, 2.75) is 19.4 Å². The highest BCUT2D eigenvalue weighted by molar-refractivity contribution is 5.85. The lowest BCUT2D eigenvalue weighted by atomic mass is 9.87. The summed E-state index contributed by atoms with van der Waals surface area (Å²) in [7, 11) is 0. The van der Waals surface area contributed by atoms with Crippen LogP contribution in [-0.2, 0) is 11.3 Å². The topological polar surface area (TPSA) is 75.9 Å². The predicted molar refractivity (Wildman–Crippen MR) is 66.2 cm³/mol. The third-order valence-electron chi connectivity index (χ3n) is 3.81. The zero-order chi connectivity index (χ0) is 11.7. The van der Waals surface area contributed by atoms with Crippen molar-refractivity contribution in [1.82, 2.24) is 30.4 Å². The number of halogens is 1. The summed E-state index contributed by atoms with van der Waals surface area (Å²) < 4.78 is 1.47. The number of aromatic nitrogens is 4. The normalized spacial score (nSPS) is 26.6. The molecule has 1 aromatic heterocycles. The quantitative estimate of drug-likeness (QED) is 0.771. The van der Waals surface area contributed by atoms with E-state index in [4.69, 9.17) is 0 Å². The number of carbonyl (C=O) groups is 1. The van der Waals surface area contributed by atoms with E-state index in [2.05, 4.69) is 20.8 Å². The van der Waals surface area contributed by atoms with Crippen LogP contribution in [0.3, 0.4) is 0 Å². The fourth-order valence-electron chi connectivity index (χ4n) is 2.78. The van der Waals surface area contributed by atoms with E-state index in [1.807, 2.05) is 4.90 Å². The third kappa shape index (κ3) is 2.46. The van der Waals surface area contributed by atoms with Gasteiger partial charge in [0.1, 0.15) is 12.9 Å². The summed E-state index contributed by atoms with van der Waals surface area (Å²) in [5.74, 6) is 0.112. The molecule has 3 heterocycles. The maximum atomic E-state index is 12.0. The Bertz CT molecular complexity index is 403. The summed E-state index contributed by atoms with van der Waals surface area (Å²) in [6.07, 6.45) is 3.77. The number of tetrazole rings is 1. The van der Waals surface area contributed by atoms with Gasteiger partial charge in [-0.25, -0.2) is 4.68 Å². The van der Waals surface area contributed by atoms with E-state index in [1.54, 1.807) is 0 Å². The van der Waals surface area contributed by atoms with E-state index in [0.29, 0.717) is 5.41 Å². The molecule has 0 saturated carbocycles. The summed E-state index contributed by atoms with van der Waals surface area (Å²) in [5.41, 5.74) is 0.330. The van der Waals surface area contributed by atoms with Crippen molar-refractivity contribution in [1.29, 1.82) is 0 Å². The van der Waals surface area contributed by atoms with Crippen molar-refractivity contribution in [3.63, 3.8) is 0 Å². The first kappa shape index (κ1) is 13.2. The molecule has 1 unspecified atom stereocenters. The maximum absolute atomic E-state index is 12.0. The lowest BCUT2D eigenvalue weighted by molar-refractivity contribution is -0.131. The second kappa shape index (κ2) is 5.19. The lowest BCUT2D eigenvalue weighted by Gasteiger charge is -2.22. The molecule has 1 aromatic rings. The van der Waals surface area contributed by atoms with E-state index >= 15 is 0 Å². The molecule has 3 rings (SSSR count). The Hall–Kier alpha value is -1.21. The molecule has 1 spiro atoms. The molecule has 0 radical (unpaired) electrons.